The van der Waals surface area contributed by atoms with Crippen molar-refractivity contribution in [2.75, 3.05) is 5.32 Å². The molecule has 0 aliphatic heterocycles. The zero-order valence-electron chi connectivity index (χ0n) is 21.2. The van der Waals surface area contributed by atoms with Gasteiger partial charge in [-0.15, -0.1) is 0 Å². The molecule has 0 unspecified atom stereocenters. The first kappa shape index (κ1) is 22.8. The number of para-hydroxylation sites is 1. The Labute approximate surface area is 219 Å². The molecule has 0 saturated carbocycles. The largest absolute Gasteiger partial charge is 0.355 e. The minimum absolute atomic E-state index is 1.08. The van der Waals surface area contributed by atoms with Gasteiger partial charge in [-0.1, -0.05) is 121 Å². The first-order valence-electron chi connectivity index (χ1n) is 12.8. The van der Waals surface area contributed by atoms with Gasteiger partial charge in [-0.2, -0.15) is 0 Å². The highest BCUT2D eigenvalue weighted by atomic mass is 14.9. The summed E-state index contributed by atoms with van der Waals surface area (Å²) in [5.74, 6) is 0. The zero-order valence-corrected chi connectivity index (χ0v) is 21.2. The van der Waals surface area contributed by atoms with Crippen molar-refractivity contribution in [2.24, 2.45) is 0 Å². The van der Waals surface area contributed by atoms with Crippen molar-refractivity contribution in [3.63, 3.8) is 0 Å². The molecular formula is C36H29N. The van der Waals surface area contributed by atoms with Gasteiger partial charge in [0.1, 0.15) is 0 Å². The Bertz CT molecular complexity index is 1700. The van der Waals surface area contributed by atoms with Crippen molar-refractivity contribution in [1.29, 1.82) is 0 Å². The van der Waals surface area contributed by atoms with Gasteiger partial charge in [0.15, 0.2) is 0 Å². The van der Waals surface area contributed by atoms with Crippen LogP contribution in [0.2, 0.25) is 0 Å². The van der Waals surface area contributed by atoms with E-state index in [2.05, 4.69) is 153 Å². The molecule has 6 aromatic carbocycles. The lowest BCUT2D eigenvalue weighted by molar-refractivity contribution is 1.39. The molecule has 0 atom stereocenters. The van der Waals surface area contributed by atoms with Crippen molar-refractivity contribution in [1.82, 2.24) is 0 Å². The highest BCUT2D eigenvalue weighted by molar-refractivity contribution is 6.05. The van der Waals surface area contributed by atoms with Crippen molar-refractivity contribution in [3.8, 4) is 33.4 Å². The highest BCUT2D eigenvalue weighted by Crippen LogP contribution is 2.37. The predicted octanol–water partition coefficient (Wildman–Crippen LogP) is 10.2. The maximum absolute atomic E-state index is 3.66. The van der Waals surface area contributed by atoms with Crippen molar-refractivity contribution >= 4 is 22.1 Å². The van der Waals surface area contributed by atoms with Crippen LogP contribution < -0.4 is 5.32 Å². The van der Waals surface area contributed by atoms with Crippen LogP contribution in [0.4, 0.5) is 11.4 Å². The van der Waals surface area contributed by atoms with Crippen molar-refractivity contribution in [2.45, 2.75) is 13.8 Å². The number of nitrogens with one attached hydrogen (secondary N) is 1. The van der Waals surface area contributed by atoms with E-state index in [9.17, 15) is 0 Å². The molecule has 0 amide bonds. The monoisotopic (exact) mass is 475 g/mol. The van der Waals surface area contributed by atoms with E-state index in [0.717, 1.165) is 11.4 Å². The molecule has 0 bridgehead atoms. The van der Waals surface area contributed by atoms with Gasteiger partial charge >= 0.3 is 0 Å². The van der Waals surface area contributed by atoms with E-state index in [-0.39, 0.29) is 0 Å². The summed E-state index contributed by atoms with van der Waals surface area (Å²) in [4.78, 5) is 0. The van der Waals surface area contributed by atoms with Crippen molar-refractivity contribution in [3.05, 3.63) is 145 Å². The number of hydrogen-bond donors (Lipinski definition) is 1. The third-order valence-corrected chi connectivity index (χ3v) is 7.09. The lowest BCUT2D eigenvalue weighted by Gasteiger charge is -2.16. The van der Waals surface area contributed by atoms with Crippen LogP contribution in [0.25, 0.3) is 44.2 Å². The maximum atomic E-state index is 3.66. The summed E-state index contributed by atoms with van der Waals surface area (Å²) in [6, 6.07) is 47.8. The number of hydrogen-bond acceptors (Lipinski definition) is 1. The van der Waals surface area contributed by atoms with E-state index < -0.39 is 0 Å². The average molecular weight is 476 g/mol. The Balaban J connectivity index is 1.34. The van der Waals surface area contributed by atoms with E-state index in [4.69, 9.17) is 0 Å². The molecule has 0 fully saturated rings. The van der Waals surface area contributed by atoms with Gasteiger partial charge in [0.25, 0.3) is 0 Å². The molecule has 0 aliphatic carbocycles. The predicted molar refractivity (Wildman–Crippen MR) is 159 cm³/mol. The molecule has 0 radical (unpaired) electrons. The molecule has 1 nitrogen and oxygen atoms in total. The Morgan fingerprint density at radius 2 is 1.03 bits per heavy atom. The molecule has 0 heterocycles. The summed E-state index contributed by atoms with van der Waals surface area (Å²) >= 11 is 0. The van der Waals surface area contributed by atoms with Crippen LogP contribution in [0.15, 0.2) is 133 Å². The maximum Gasteiger partial charge on any atom is 0.0464 e. The molecule has 0 aromatic heterocycles. The second-order valence-corrected chi connectivity index (χ2v) is 9.64. The number of aryl methyl sites for hydroxylation is 2. The zero-order chi connectivity index (χ0) is 25.2. The minimum atomic E-state index is 1.08. The van der Waals surface area contributed by atoms with Crippen LogP contribution in [0.5, 0.6) is 0 Å². The second kappa shape index (κ2) is 9.79. The van der Waals surface area contributed by atoms with Gasteiger partial charge in [-0.05, 0) is 76.2 Å². The van der Waals surface area contributed by atoms with Gasteiger partial charge in [0.05, 0.1) is 0 Å². The molecule has 6 rings (SSSR count). The standard InChI is InChI=1S/C36H29N/c1-25-16-17-26(2)35(24-25)34-14-8-9-15-36(34)37-29-20-18-28(19-21-29)31-23-22-30(27-10-4-3-5-11-27)32-12-6-7-13-33(31)32/h3-24,37H,1-2H3. The Morgan fingerprint density at radius 1 is 0.432 bits per heavy atom. The number of anilines is 2. The van der Waals surface area contributed by atoms with Crippen LogP contribution >= 0.6 is 0 Å². The number of rotatable bonds is 5. The van der Waals surface area contributed by atoms with E-state index in [1.54, 1.807) is 0 Å². The quantitative estimate of drug-likeness (QED) is 0.261. The summed E-state index contributed by atoms with van der Waals surface area (Å²) in [7, 11) is 0. The molecule has 0 aliphatic rings. The van der Waals surface area contributed by atoms with Gasteiger partial charge in [-0.3, -0.25) is 0 Å². The third-order valence-electron chi connectivity index (χ3n) is 7.09. The summed E-state index contributed by atoms with van der Waals surface area (Å²) in [6.07, 6.45) is 0. The lowest BCUT2D eigenvalue weighted by Crippen LogP contribution is -1.95. The van der Waals surface area contributed by atoms with Crippen LogP contribution in [-0.4, -0.2) is 0 Å². The first-order valence-corrected chi connectivity index (χ1v) is 12.8. The molecule has 6 aromatic rings. The average Bonchev–Trinajstić information content (AvgIpc) is 2.95. The van der Waals surface area contributed by atoms with Crippen LogP contribution in [0, 0.1) is 13.8 Å². The molecule has 178 valence electrons. The topological polar surface area (TPSA) is 12.0 Å². The molecule has 1 N–H and O–H groups in total. The molecular weight excluding hydrogens is 446 g/mol. The van der Waals surface area contributed by atoms with E-state index in [0.29, 0.717) is 0 Å². The fourth-order valence-electron chi connectivity index (χ4n) is 5.16. The Kier molecular flexibility index (Phi) is 6.04. The fraction of sp³-hybridized carbons (Fsp3) is 0.0556. The smallest absolute Gasteiger partial charge is 0.0464 e. The SMILES string of the molecule is Cc1ccc(C)c(-c2ccccc2Nc2ccc(-c3ccc(-c4ccccc4)c4ccccc34)cc2)c1. The van der Waals surface area contributed by atoms with Gasteiger partial charge in [0.2, 0.25) is 0 Å². The van der Waals surface area contributed by atoms with Gasteiger partial charge in [0, 0.05) is 16.9 Å². The van der Waals surface area contributed by atoms with Crippen molar-refractivity contribution < 1.29 is 0 Å². The molecule has 37 heavy (non-hydrogen) atoms. The number of fused-ring (bicyclic) bond motifs is 1. The lowest BCUT2D eigenvalue weighted by atomic mass is 9.92. The summed E-state index contributed by atoms with van der Waals surface area (Å²) < 4.78 is 0. The molecule has 0 spiro atoms. The van der Waals surface area contributed by atoms with E-state index in [1.807, 2.05) is 0 Å². The normalized spacial score (nSPS) is 11.0. The summed E-state index contributed by atoms with van der Waals surface area (Å²) in [5, 5.41) is 6.21. The Hall–Kier alpha value is -4.62. The molecule has 1 heteroatoms. The van der Waals surface area contributed by atoms with E-state index in [1.165, 1.54) is 55.3 Å². The summed E-state index contributed by atoms with van der Waals surface area (Å²) in [5.41, 5.74) is 12.2. The van der Waals surface area contributed by atoms with Gasteiger partial charge < -0.3 is 5.32 Å². The van der Waals surface area contributed by atoms with Gasteiger partial charge in [-0.25, -0.2) is 0 Å². The summed E-state index contributed by atoms with van der Waals surface area (Å²) in [6.45, 7) is 4.32. The van der Waals surface area contributed by atoms with E-state index >= 15 is 0 Å². The highest BCUT2D eigenvalue weighted by Gasteiger charge is 2.11. The van der Waals surface area contributed by atoms with Crippen LogP contribution in [0.1, 0.15) is 11.1 Å². The first-order chi connectivity index (χ1) is 18.2. The third kappa shape index (κ3) is 4.52. The number of benzene rings is 6. The fourth-order valence-corrected chi connectivity index (χ4v) is 5.16. The minimum Gasteiger partial charge on any atom is -0.355 e. The van der Waals surface area contributed by atoms with Crippen LogP contribution in [0.3, 0.4) is 0 Å². The Morgan fingerprint density at radius 3 is 1.73 bits per heavy atom. The second-order valence-electron chi connectivity index (χ2n) is 9.64. The molecule has 0 saturated heterocycles. The van der Waals surface area contributed by atoms with Crippen LogP contribution in [-0.2, 0) is 0 Å².